The van der Waals surface area contributed by atoms with Crippen LogP contribution in [0.4, 0.5) is 0 Å². The van der Waals surface area contributed by atoms with Crippen LogP contribution in [0.5, 0.6) is 0 Å². The van der Waals surface area contributed by atoms with E-state index in [1.165, 1.54) is 12.1 Å². The summed E-state index contributed by atoms with van der Waals surface area (Å²) in [5.74, 6) is -0.215. The first kappa shape index (κ1) is 14.7. The topological polar surface area (TPSA) is 78.5 Å². The molecule has 0 unspecified atom stereocenters. The summed E-state index contributed by atoms with van der Waals surface area (Å²) in [5.41, 5.74) is 0. The molecule has 1 fully saturated rings. The summed E-state index contributed by atoms with van der Waals surface area (Å²) >= 11 is 6.66. The molecule has 1 aromatic heterocycles. The molecular weight excluding hydrogens is 310 g/mol. The minimum absolute atomic E-state index is 0.116. The molecule has 1 aliphatic heterocycles. The minimum Gasteiger partial charge on any atom is -0.339 e. The van der Waals surface area contributed by atoms with Crippen LogP contribution < -0.4 is 10.0 Å². The van der Waals surface area contributed by atoms with Gasteiger partial charge in [-0.1, -0.05) is 11.6 Å². The molecule has 1 aliphatic rings. The summed E-state index contributed by atoms with van der Waals surface area (Å²) in [6.45, 7) is 2.45. The van der Waals surface area contributed by atoms with Gasteiger partial charge in [0.15, 0.2) is 0 Å². The van der Waals surface area contributed by atoms with Crippen LogP contribution in [0.1, 0.15) is 0 Å². The lowest BCUT2D eigenvalue weighted by Crippen LogP contribution is -2.49. The number of nitrogens with zero attached hydrogens (tertiary/aromatic N) is 1. The van der Waals surface area contributed by atoms with Gasteiger partial charge in [-0.25, -0.2) is 13.1 Å². The third-order valence-electron chi connectivity index (χ3n) is 2.70. The first-order valence-electron chi connectivity index (χ1n) is 5.72. The van der Waals surface area contributed by atoms with Crippen LogP contribution >= 0.6 is 22.9 Å². The smallest absolute Gasteiger partial charge is 0.250 e. The lowest BCUT2D eigenvalue weighted by molar-refractivity contribution is -0.130. The van der Waals surface area contributed by atoms with Crippen molar-refractivity contribution in [3.8, 4) is 0 Å². The van der Waals surface area contributed by atoms with Crippen LogP contribution in [0, 0.1) is 0 Å². The monoisotopic (exact) mass is 323 g/mol. The first-order valence-corrected chi connectivity index (χ1v) is 8.40. The normalized spacial score (nSPS) is 16.6. The van der Waals surface area contributed by atoms with E-state index in [2.05, 4.69) is 10.0 Å². The second kappa shape index (κ2) is 6.19. The Morgan fingerprint density at radius 2 is 2.11 bits per heavy atom. The van der Waals surface area contributed by atoms with Gasteiger partial charge in [-0.2, -0.15) is 0 Å². The zero-order valence-electron chi connectivity index (χ0n) is 10.1. The number of thiophene rings is 1. The highest BCUT2D eigenvalue weighted by molar-refractivity contribution is 7.91. The molecule has 0 bridgehead atoms. The van der Waals surface area contributed by atoms with E-state index in [4.69, 9.17) is 11.6 Å². The third kappa shape index (κ3) is 3.90. The summed E-state index contributed by atoms with van der Waals surface area (Å²) in [4.78, 5) is 13.5. The highest BCUT2D eigenvalue weighted by atomic mass is 35.5. The minimum atomic E-state index is -3.65. The van der Waals surface area contributed by atoms with E-state index in [0.717, 1.165) is 24.4 Å². The van der Waals surface area contributed by atoms with Gasteiger partial charge < -0.3 is 10.2 Å². The number of halogens is 1. The quantitative estimate of drug-likeness (QED) is 0.824. The van der Waals surface area contributed by atoms with Crippen molar-refractivity contribution in [1.82, 2.24) is 14.9 Å². The zero-order valence-corrected chi connectivity index (χ0v) is 12.4. The Bertz CT molecular complexity index is 552. The molecule has 1 saturated heterocycles. The van der Waals surface area contributed by atoms with Crippen molar-refractivity contribution in [2.75, 3.05) is 32.7 Å². The zero-order chi connectivity index (χ0) is 13.9. The molecule has 2 rings (SSSR count). The van der Waals surface area contributed by atoms with Crippen LogP contribution in [0.3, 0.4) is 0 Å². The van der Waals surface area contributed by atoms with Crippen molar-refractivity contribution < 1.29 is 13.2 Å². The van der Waals surface area contributed by atoms with Gasteiger partial charge in [0.05, 0.1) is 10.9 Å². The molecule has 0 atom stereocenters. The summed E-state index contributed by atoms with van der Waals surface area (Å²) in [7, 11) is -3.65. The number of amides is 1. The molecule has 106 valence electrons. The molecule has 0 saturated carbocycles. The number of hydrogen-bond donors (Lipinski definition) is 2. The second-order valence-corrected chi connectivity index (χ2v) is 7.72. The SMILES string of the molecule is O=C(CNS(=O)(=O)c1ccc(Cl)s1)N1CCNCC1. The van der Waals surface area contributed by atoms with Gasteiger partial charge in [0, 0.05) is 26.2 Å². The second-order valence-electron chi connectivity index (χ2n) is 4.01. The van der Waals surface area contributed by atoms with Gasteiger partial charge in [0.1, 0.15) is 4.21 Å². The van der Waals surface area contributed by atoms with E-state index in [0.29, 0.717) is 17.4 Å². The molecule has 1 amide bonds. The van der Waals surface area contributed by atoms with Crippen LogP contribution in [0.2, 0.25) is 4.34 Å². The maximum absolute atomic E-state index is 11.9. The van der Waals surface area contributed by atoms with Crippen LogP contribution in [-0.2, 0) is 14.8 Å². The van der Waals surface area contributed by atoms with Crippen molar-refractivity contribution in [2.24, 2.45) is 0 Å². The summed E-state index contributed by atoms with van der Waals surface area (Å²) in [6, 6.07) is 2.93. The van der Waals surface area contributed by atoms with Crippen LogP contribution in [0.15, 0.2) is 16.3 Å². The number of hydrogen-bond acceptors (Lipinski definition) is 5. The first-order chi connectivity index (χ1) is 8.99. The third-order valence-corrected chi connectivity index (χ3v) is 5.82. The van der Waals surface area contributed by atoms with E-state index in [1.54, 1.807) is 4.90 Å². The van der Waals surface area contributed by atoms with Gasteiger partial charge >= 0.3 is 0 Å². The van der Waals surface area contributed by atoms with Crippen LogP contribution in [0.25, 0.3) is 0 Å². The molecule has 0 radical (unpaired) electrons. The van der Waals surface area contributed by atoms with Crippen molar-refractivity contribution in [2.45, 2.75) is 4.21 Å². The van der Waals surface area contributed by atoms with E-state index in [9.17, 15) is 13.2 Å². The molecular formula is C10H14ClN3O3S2. The Hall–Kier alpha value is -0.670. The number of nitrogens with one attached hydrogen (secondary N) is 2. The average Bonchev–Trinajstić information content (AvgIpc) is 2.85. The fourth-order valence-electron chi connectivity index (χ4n) is 1.70. The van der Waals surface area contributed by atoms with Gasteiger partial charge in [0.25, 0.3) is 10.0 Å². The predicted molar refractivity (Wildman–Crippen MR) is 74.0 cm³/mol. The van der Waals surface area contributed by atoms with E-state index < -0.39 is 10.0 Å². The summed E-state index contributed by atoms with van der Waals surface area (Å²) in [5, 5.41) is 3.12. The van der Waals surface area contributed by atoms with Gasteiger partial charge in [-0.15, -0.1) is 11.3 Å². The largest absolute Gasteiger partial charge is 0.339 e. The Morgan fingerprint density at radius 1 is 1.42 bits per heavy atom. The lowest BCUT2D eigenvalue weighted by atomic mass is 10.3. The van der Waals surface area contributed by atoms with Crippen molar-refractivity contribution in [3.05, 3.63) is 16.5 Å². The van der Waals surface area contributed by atoms with Crippen molar-refractivity contribution in [3.63, 3.8) is 0 Å². The average molecular weight is 324 g/mol. The van der Waals surface area contributed by atoms with E-state index >= 15 is 0 Å². The molecule has 1 aromatic rings. The van der Waals surface area contributed by atoms with Crippen molar-refractivity contribution >= 4 is 38.9 Å². The Balaban J connectivity index is 1.92. The highest BCUT2D eigenvalue weighted by Gasteiger charge is 2.21. The standard InChI is InChI=1S/C10H14ClN3O3S2/c11-8-1-2-10(18-8)19(16,17)13-7-9(15)14-5-3-12-4-6-14/h1-2,12-13H,3-7H2. The van der Waals surface area contributed by atoms with E-state index in [-0.39, 0.29) is 16.7 Å². The molecule has 6 nitrogen and oxygen atoms in total. The fourth-order valence-corrected chi connectivity index (χ4v) is 4.20. The van der Waals surface area contributed by atoms with Gasteiger partial charge in [0.2, 0.25) is 5.91 Å². The van der Waals surface area contributed by atoms with Gasteiger partial charge in [-0.05, 0) is 12.1 Å². The molecule has 0 aromatic carbocycles. The molecule has 19 heavy (non-hydrogen) atoms. The predicted octanol–water partition coefficient (Wildman–Crippen LogP) is 0.112. The molecule has 0 spiro atoms. The number of carbonyl (C=O) groups is 1. The number of sulfonamides is 1. The maximum Gasteiger partial charge on any atom is 0.250 e. The molecule has 9 heteroatoms. The molecule has 0 aliphatic carbocycles. The summed E-state index contributed by atoms with van der Waals surface area (Å²) < 4.78 is 26.6. The number of piperazine rings is 1. The molecule has 2 heterocycles. The summed E-state index contributed by atoms with van der Waals surface area (Å²) in [6.07, 6.45) is 0. The number of carbonyl (C=O) groups excluding carboxylic acids is 1. The highest BCUT2D eigenvalue weighted by Crippen LogP contribution is 2.25. The maximum atomic E-state index is 11.9. The van der Waals surface area contributed by atoms with Crippen LogP contribution in [-0.4, -0.2) is 51.9 Å². The lowest BCUT2D eigenvalue weighted by Gasteiger charge is -2.27. The number of rotatable bonds is 4. The Kier molecular flexibility index (Phi) is 4.80. The van der Waals surface area contributed by atoms with Gasteiger partial charge in [-0.3, -0.25) is 4.79 Å². The Labute approximate surface area is 120 Å². The molecule has 2 N–H and O–H groups in total. The Morgan fingerprint density at radius 3 is 2.68 bits per heavy atom. The fraction of sp³-hybridized carbons (Fsp3) is 0.500. The van der Waals surface area contributed by atoms with E-state index in [1.807, 2.05) is 0 Å². The van der Waals surface area contributed by atoms with Crippen molar-refractivity contribution in [1.29, 1.82) is 0 Å².